The molecule has 3 rings (SSSR count). The molecule has 0 saturated heterocycles. The lowest BCUT2D eigenvalue weighted by Gasteiger charge is -2.07. The van der Waals surface area contributed by atoms with Gasteiger partial charge in [0, 0.05) is 6.42 Å². The number of hydrogen-bond acceptors (Lipinski definition) is 6. The van der Waals surface area contributed by atoms with Crippen LogP contribution in [0.1, 0.15) is 17.5 Å². The third kappa shape index (κ3) is 4.47. The lowest BCUT2D eigenvalue weighted by molar-refractivity contribution is -0.130. The number of esters is 1. The van der Waals surface area contributed by atoms with Crippen molar-refractivity contribution in [2.45, 2.75) is 12.8 Å². The van der Waals surface area contributed by atoms with Gasteiger partial charge in [0.25, 0.3) is 0 Å². The van der Waals surface area contributed by atoms with Gasteiger partial charge in [-0.15, -0.1) is 0 Å². The lowest BCUT2D eigenvalue weighted by atomic mass is 10.1. The zero-order valence-electron chi connectivity index (χ0n) is 15.5. The predicted octanol–water partition coefficient (Wildman–Crippen LogP) is 3.64. The lowest BCUT2D eigenvalue weighted by Crippen LogP contribution is -2.05. The zero-order chi connectivity index (χ0) is 19.2. The van der Waals surface area contributed by atoms with Crippen LogP contribution < -0.4 is 14.2 Å². The Labute approximate surface area is 158 Å². The molecule has 1 aliphatic rings. The third-order valence-corrected chi connectivity index (χ3v) is 4.14. The number of rotatable bonds is 7. The van der Waals surface area contributed by atoms with Crippen molar-refractivity contribution in [3.8, 4) is 17.2 Å². The molecule has 1 heterocycles. The molecule has 140 valence electrons. The number of carbonyl (C=O) groups is 1. The van der Waals surface area contributed by atoms with Gasteiger partial charge < -0.3 is 18.9 Å². The van der Waals surface area contributed by atoms with Gasteiger partial charge in [-0.25, -0.2) is 9.79 Å². The molecule has 0 atom stereocenters. The number of ether oxygens (including phenoxy) is 4. The fourth-order valence-corrected chi connectivity index (χ4v) is 2.74. The maximum Gasteiger partial charge on any atom is 0.363 e. The molecule has 2 aromatic rings. The van der Waals surface area contributed by atoms with E-state index in [1.54, 1.807) is 39.5 Å². The molecular formula is C21H21NO5. The molecule has 1 aliphatic heterocycles. The first-order chi connectivity index (χ1) is 13.1. The first-order valence-electron chi connectivity index (χ1n) is 8.49. The molecule has 0 unspecified atom stereocenters. The number of aliphatic imine (C=N–C) groups is 1. The quantitative estimate of drug-likeness (QED) is 0.552. The minimum Gasteiger partial charge on any atom is -0.497 e. The van der Waals surface area contributed by atoms with E-state index in [4.69, 9.17) is 18.9 Å². The number of aryl methyl sites for hydroxylation is 1. The average molecular weight is 367 g/mol. The summed E-state index contributed by atoms with van der Waals surface area (Å²) in [5.74, 6) is 1.96. The van der Waals surface area contributed by atoms with Crippen LogP contribution in [-0.2, 0) is 16.0 Å². The summed E-state index contributed by atoms with van der Waals surface area (Å²) in [6, 6.07) is 13.2. The summed E-state index contributed by atoms with van der Waals surface area (Å²) in [5.41, 5.74) is 2.13. The van der Waals surface area contributed by atoms with E-state index in [1.165, 1.54) is 0 Å². The number of methoxy groups -OCH3 is 3. The highest BCUT2D eigenvalue weighted by atomic mass is 16.6. The molecule has 0 spiro atoms. The van der Waals surface area contributed by atoms with Crippen molar-refractivity contribution in [1.82, 2.24) is 0 Å². The molecule has 2 aromatic carbocycles. The maximum atomic E-state index is 12.1. The number of nitrogens with zero attached hydrogens (tertiary/aromatic N) is 1. The largest absolute Gasteiger partial charge is 0.497 e. The minimum atomic E-state index is -0.453. The van der Waals surface area contributed by atoms with Crippen molar-refractivity contribution in [2.24, 2.45) is 4.99 Å². The van der Waals surface area contributed by atoms with Crippen LogP contribution in [0.4, 0.5) is 0 Å². The van der Waals surface area contributed by atoms with E-state index in [0.717, 1.165) is 16.9 Å². The molecule has 0 amide bonds. The van der Waals surface area contributed by atoms with E-state index in [1.807, 2.05) is 30.3 Å². The summed E-state index contributed by atoms with van der Waals surface area (Å²) < 4.78 is 21.0. The normalized spacial score (nSPS) is 14.7. The Hall–Kier alpha value is -3.28. The summed E-state index contributed by atoms with van der Waals surface area (Å²) in [6.45, 7) is 0. The number of carbonyl (C=O) groups excluding carboxylic acids is 1. The van der Waals surface area contributed by atoms with Crippen LogP contribution in [0, 0.1) is 0 Å². The fourth-order valence-electron chi connectivity index (χ4n) is 2.74. The molecule has 0 fully saturated rings. The second-order valence-corrected chi connectivity index (χ2v) is 5.89. The van der Waals surface area contributed by atoms with Gasteiger partial charge in [-0.2, -0.15) is 0 Å². The van der Waals surface area contributed by atoms with Crippen molar-refractivity contribution in [3.05, 3.63) is 59.3 Å². The first-order valence-corrected chi connectivity index (χ1v) is 8.49. The smallest absolute Gasteiger partial charge is 0.363 e. The number of benzene rings is 2. The molecule has 0 aliphatic carbocycles. The van der Waals surface area contributed by atoms with Crippen molar-refractivity contribution in [1.29, 1.82) is 0 Å². The highest BCUT2D eigenvalue weighted by Crippen LogP contribution is 2.29. The van der Waals surface area contributed by atoms with E-state index >= 15 is 0 Å². The van der Waals surface area contributed by atoms with Crippen molar-refractivity contribution < 1.29 is 23.7 Å². The van der Waals surface area contributed by atoms with E-state index in [2.05, 4.69) is 4.99 Å². The van der Waals surface area contributed by atoms with Crippen LogP contribution in [0.15, 0.2) is 53.2 Å². The highest BCUT2D eigenvalue weighted by molar-refractivity contribution is 6.07. The molecule has 6 heteroatoms. The highest BCUT2D eigenvalue weighted by Gasteiger charge is 2.22. The Balaban J connectivity index is 1.72. The molecule has 0 bridgehead atoms. The average Bonchev–Trinajstić information content (AvgIpc) is 3.05. The summed E-state index contributed by atoms with van der Waals surface area (Å²) in [6.07, 6.45) is 2.90. The molecule has 6 nitrogen and oxygen atoms in total. The van der Waals surface area contributed by atoms with Gasteiger partial charge in [0.05, 0.1) is 21.3 Å². The zero-order valence-corrected chi connectivity index (χ0v) is 15.5. The summed E-state index contributed by atoms with van der Waals surface area (Å²) in [5, 5.41) is 0. The van der Waals surface area contributed by atoms with Crippen molar-refractivity contribution in [2.75, 3.05) is 21.3 Å². The minimum absolute atomic E-state index is 0.267. The maximum absolute atomic E-state index is 12.1. The van der Waals surface area contributed by atoms with Gasteiger partial charge in [0.2, 0.25) is 0 Å². The second-order valence-electron chi connectivity index (χ2n) is 5.89. The molecule has 0 aromatic heterocycles. The number of hydrogen-bond donors (Lipinski definition) is 0. The fraction of sp³-hybridized carbons (Fsp3) is 0.238. The molecule has 0 N–H and O–H groups in total. The van der Waals surface area contributed by atoms with Gasteiger partial charge >= 0.3 is 5.97 Å². The van der Waals surface area contributed by atoms with E-state index in [0.29, 0.717) is 30.2 Å². The van der Waals surface area contributed by atoms with E-state index in [9.17, 15) is 4.79 Å². The van der Waals surface area contributed by atoms with Gasteiger partial charge in [-0.1, -0.05) is 18.2 Å². The Kier molecular flexibility index (Phi) is 5.76. The SMILES string of the molecule is COc1cccc(CCC2=N/C(=C/c3ccc(OC)c(OC)c3)C(=O)O2)c1. The standard InChI is InChI=1S/C21H21NO5/c1-24-16-6-4-5-14(11-16)8-10-20-22-17(21(23)27-20)12-15-7-9-18(25-2)19(13-15)26-3/h4-7,9,11-13H,8,10H2,1-3H3/b17-12+. The monoisotopic (exact) mass is 367 g/mol. The van der Waals surface area contributed by atoms with E-state index in [-0.39, 0.29) is 5.70 Å². The van der Waals surface area contributed by atoms with Crippen LogP contribution in [0.25, 0.3) is 6.08 Å². The summed E-state index contributed by atoms with van der Waals surface area (Å²) >= 11 is 0. The Bertz CT molecular complexity index is 901. The molecule has 27 heavy (non-hydrogen) atoms. The van der Waals surface area contributed by atoms with Crippen molar-refractivity contribution >= 4 is 17.9 Å². The topological polar surface area (TPSA) is 66.3 Å². The third-order valence-electron chi connectivity index (χ3n) is 4.14. The van der Waals surface area contributed by atoms with Crippen LogP contribution in [0.2, 0.25) is 0 Å². The Morgan fingerprint density at radius 3 is 2.52 bits per heavy atom. The second kappa shape index (κ2) is 8.40. The van der Waals surface area contributed by atoms with Crippen LogP contribution in [0.3, 0.4) is 0 Å². The van der Waals surface area contributed by atoms with Crippen LogP contribution in [0.5, 0.6) is 17.2 Å². The van der Waals surface area contributed by atoms with Gasteiger partial charge in [0.1, 0.15) is 5.75 Å². The first kappa shape index (κ1) is 18.5. The molecule has 0 saturated carbocycles. The van der Waals surface area contributed by atoms with Crippen LogP contribution in [-0.4, -0.2) is 33.2 Å². The Morgan fingerprint density at radius 2 is 1.78 bits per heavy atom. The van der Waals surface area contributed by atoms with Gasteiger partial charge in [0.15, 0.2) is 23.1 Å². The van der Waals surface area contributed by atoms with E-state index < -0.39 is 5.97 Å². The molecule has 0 radical (unpaired) electrons. The van der Waals surface area contributed by atoms with Crippen molar-refractivity contribution in [3.63, 3.8) is 0 Å². The van der Waals surface area contributed by atoms with Crippen LogP contribution >= 0.6 is 0 Å². The molecular weight excluding hydrogens is 346 g/mol. The predicted molar refractivity (Wildman–Crippen MR) is 102 cm³/mol. The van der Waals surface area contributed by atoms with Gasteiger partial charge in [-0.3, -0.25) is 0 Å². The summed E-state index contributed by atoms with van der Waals surface area (Å²) in [7, 11) is 4.77. The van der Waals surface area contributed by atoms with Gasteiger partial charge in [-0.05, 0) is 47.9 Å². The Morgan fingerprint density at radius 1 is 0.963 bits per heavy atom. The number of cyclic esters (lactones) is 1. The summed E-state index contributed by atoms with van der Waals surface area (Å²) in [4.78, 5) is 16.4.